The molecule has 0 aliphatic heterocycles. The zero-order valence-corrected chi connectivity index (χ0v) is 15.4. The van der Waals surface area contributed by atoms with E-state index >= 15 is 0 Å². The van der Waals surface area contributed by atoms with Crippen LogP contribution in [0.25, 0.3) is 0 Å². The minimum atomic E-state index is 0.0529. The Balaban J connectivity index is 1.87. The first kappa shape index (κ1) is 16.5. The van der Waals surface area contributed by atoms with Gasteiger partial charge in [-0.1, -0.05) is 63.8 Å². The maximum atomic E-state index is 6.31. The van der Waals surface area contributed by atoms with E-state index in [0.29, 0.717) is 0 Å². The van der Waals surface area contributed by atoms with Crippen molar-refractivity contribution >= 4 is 31.9 Å². The first-order chi connectivity index (χ1) is 9.67. The second-order valence-corrected chi connectivity index (χ2v) is 7.44. The largest absolute Gasteiger partial charge is 0.369 e. The van der Waals surface area contributed by atoms with Crippen molar-refractivity contribution in [3.63, 3.8) is 0 Å². The van der Waals surface area contributed by atoms with Crippen molar-refractivity contribution in [3.8, 4) is 0 Å². The Bertz CT molecular complexity index is 394. The number of rotatable bonds is 6. The molecular formula is C17H24Br2O. The Labute approximate surface area is 139 Å². The lowest BCUT2D eigenvalue weighted by Gasteiger charge is -2.39. The first-order valence-electron chi connectivity index (χ1n) is 7.62. The molecule has 0 spiro atoms. The summed E-state index contributed by atoms with van der Waals surface area (Å²) in [4.78, 5) is 0. The van der Waals surface area contributed by atoms with E-state index in [2.05, 4.69) is 63.0 Å². The molecule has 2 rings (SSSR count). The molecule has 1 fully saturated rings. The predicted octanol–water partition coefficient (Wildman–Crippen LogP) is 6.09. The summed E-state index contributed by atoms with van der Waals surface area (Å²) in [6.45, 7) is 3.01. The summed E-state index contributed by atoms with van der Waals surface area (Å²) in [6.07, 6.45) is 7.72. The molecule has 20 heavy (non-hydrogen) atoms. The monoisotopic (exact) mass is 402 g/mol. The molecule has 3 heteroatoms. The van der Waals surface area contributed by atoms with E-state index in [-0.39, 0.29) is 5.60 Å². The quantitative estimate of drug-likeness (QED) is 0.522. The molecule has 1 aromatic rings. The summed E-state index contributed by atoms with van der Waals surface area (Å²) in [6, 6.07) is 8.43. The van der Waals surface area contributed by atoms with E-state index in [1.807, 2.05) is 0 Å². The van der Waals surface area contributed by atoms with Gasteiger partial charge in [-0.25, -0.2) is 0 Å². The molecule has 0 N–H and O–H groups in total. The van der Waals surface area contributed by atoms with Gasteiger partial charge < -0.3 is 4.74 Å². The standard InChI is InChI=1S/C17H24Br2O/c1-2-3-14-8-10-17(13-18,11-9-14)20-12-15-4-6-16(19)7-5-15/h4-7,14H,2-3,8-13H2,1H3. The smallest absolute Gasteiger partial charge is 0.0783 e. The molecule has 1 aromatic carbocycles. The van der Waals surface area contributed by atoms with Gasteiger partial charge in [-0.15, -0.1) is 0 Å². The Morgan fingerprint density at radius 3 is 2.40 bits per heavy atom. The van der Waals surface area contributed by atoms with Crippen LogP contribution in [0, 0.1) is 5.92 Å². The number of ether oxygens (including phenoxy) is 1. The molecule has 0 aromatic heterocycles. The molecule has 0 radical (unpaired) electrons. The molecule has 0 bridgehead atoms. The highest BCUT2D eigenvalue weighted by Gasteiger charge is 2.35. The molecule has 1 aliphatic carbocycles. The number of benzene rings is 1. The number of alkyl halides is 1. The topological polar surface area (TPSA) is 9.23 Å². The van der Waals surface area contributed by atoms with Crippen molar-refractivity contribution in [2.24, 2.45) is 5.92 Å². The van der Waals surface area contributed by atoms with Gasteiger partial charge in [0.1, 0.15) is 0 Å². The second kappa shape index (κ2) is 7.95. The van der Waals surface area contributed by atoms with Gasteiger partial charge in [0, 0.05) is 9.80 Å². The minimum Gasteiger partial charge on any atom is -0.369 e. The normalized spacial score (nSPS) is 26.6. The van der Waals surface area contributed by atoms with Gasteiger partial charge in [-0.05, 0) is 49.3 Å². The van der Waals surface area contributed by atoms with Crippen LogP contribution in [0.1, 0.15) is 51.0 Å². The molecule has 0 saturated heterocycles. The number of halogens is 2. The molecule has 1 nitrogen and oxygen atoms in total. The van der Waals surface area contributed by atoms with Crippen LogP contribution in [0.15, 0.2) is 28.7 Å². The highest BCUT2D eigenvalue weighted by atomic mass is 79.9. The summed E-state index contributed by atoms with van der Waals surface area (Å²) in [5, 5.41) is 0.954. The van der Waals surface area contributed by atoms with Gasteiger partial charge in [0.25, 0.3) is 0 Å². The van der Waals surface area contributed by atoms with Crippen molar-refractivity contribution in [1.82, 2.24) is 0 Å². The predicted molar refractivity (Wildman–Crippen MR) is 92.3 cm³/mol. The van der Waals surface area contributed by atoms with Crippen LogP contribution in [0.3, 0.4) is 0 Å². The highest BCUT2D eigenvalue weighted by molar-refractivity contribution is 9.10. The Hall–Kier alpha value is 0.140. The van der Waals surface area contributed by atoms with Crippen molar-refractivity contribution in [3.05, 3.63) is 34.3 Å². The van der Waals surface area contributed by atoms with Gasteiger partial charge in [0.2, 0.25) is 0 Å². The molecule has 1 aliphatic rings. The third-order valence-electron chi connectivity index (χ3n) is 4.42. The summed E-state index contributed by atoms with van der Waals surface area (Å²) >= 11 is 7.15. The number of hydrogen-bond acceptors (Lipinski definition) is 1. The lowest BCUT2D eigenvalue weighted by molar-refractivity contribution is -0.0705. The van der Waals surface area contributed by atoms with E-state index in [1.165, 1.54) is 44.1 Å². The Morgan fingerprint density at radius 2 is 1.85 bits per heavy atom. The van der Waals surface area contributed by atoms with Gasteiger partial charge in [0.15, 0.2) is 0 Å². The molecule has 0 unspecified atom stereocenters. The van der Waals surface area contributed by atoms with E-state index in [4.69, 9.17) is 4.74 Å². The van der Waals surface area contributed by atoms with Crippen molar-refractivity contribution in [2.75, 3.05) is 5.33 Å². The average Bonchev–Trinajstić information content (AvgIpc) is 2.49. The summed E-state index contributed by atoms with van der Waals surface area (Å²) in [5.74, 6) is 0.920. The van der Waals surface area contributed by atoms with E-state index in [1.54, 1.807) is 0 Å². The zero-order chi connectivity index (χ0) is 14.4. The van der Waals surface area contributed by atoms with Crippen LogP contribution in [0.5, 0.6) is 0 Å². The zero-order valence-electron chi connectivity index (χ0n) is 12.2. The lowest BCUT2D eigenvalue weighted by atomic mass is 9.78. The van der Waals surface area contributed by atoms with Gasteiger partial charge in [-0.3, -0.25) is 0 Å². The van der Waals surface area contributed by atoms with Gasteiger partial charge >= 0.3 is 0 Å². The van der Waals surface area contributed by atoms with Crippen LogP contribution in [-0.4, -0.2) is 10.9 Å². The maximum Gasteiger partial charge on any atom is 0.0783 e. The SMILES string of the molecule is CCCC1CCC(CBr)(OCc2ccc(Br)cc2)CC1. The minimum absolute atomic E-state index is 0.0529. The van der Waals surface area contributed by atoms with Crippen molar-refractivity contribution in [1.29, 1.82) is 0 Å². The van der Waals surface area contributed by atoms with Crippen LogP contribution in [0.4, 0.5) is 0 Å². The summed E-state index contributed by atoms with van der Waals surface area (Å²) < 4.78 is 7.43. The van der Waals surface area contributed by atoms with Crippen LogP contribution in [0.2, 0.25) is 0 Å². The molecule has 112 valence electrons. The third-order valence-corrected chi connectivity index (χ3v) is 5.97. The van der Waals surface area contributed by atoms with E-state index in [0.717, 1.165) is 22.3 Å². The summed E-state index contributed by atoms with van der Waals surface area (Å²) in [5.41, 5.74) is 1.31. The molecule has 0 amide bonds. The van der Waals surface area contributed by atoms with Gasteiger partial charge in [-0.2, -0.15) is 0 Å². The van der Waals surface area contributed by atoms with Crippen molar-refractivity contribution < 1.29 is 4.74 Å². The first-order valence-corrected chi connectivity index (χ1v) is 9.53. The van der Waals surface area contributed by atoms with Gasteiger partial charge in [0.05, 0.1) is 12.2 Å². The fourth-order valence-corrected chi connectivity index (χ4v) is 4.02. The fraction of sp³-hybridized carbons (Fsp3) is 0.647. The fourth-order valence-electron chi connectivity index (χ4n) is 3.03. The third kappa shape index (κ3) is 4.57. The maximum absolute atomic E-state index is 6.31. The van der Waals surface area contributed by atoms with Crippen LogP contribution >= 0.6 is 31.9 Å². The Kier molecular flexibility index (Phi) is 6.57. The average molecular weight is 404 g/mol. The molecule has 0 heterocycles. The number of hydrogen-bond donors (Lipinski definition) is 0. The summed E-state index contributed by atoms with van der Waals surface area (Å²) in [7, 11) is 0. The molecule has 0 atom stereocenters. The molecular weight excluding hydrogens is 380 g/mol. The molecule has 1 saturated carbocycles. The second-order valence-electron chi connectivity index (χ2n) is 5.96. The van der Waals surface area contributed by atoms with Crippen LogP contribution in [-0.2, 0) is 11.3 Å². The lowest BCUT2D eigenvalue weighted by Crippen LogP contribution is -2.38. The van der Waals surface area contributed by atoms with Crippen LogP contribution < -0.4 is 0 Å². The van der Waals surface area contributed by atoms with E-state index in [9.17, 15) is 0 Å². The Morgan fingerprint density at radius 1 is 1.20 bits per heavy atom. The van der Waals surface area contributed by atoms with Crippen molar-refractivity contribution in [2.45, 2.75) is 57.7 Å². The highest BCUT2D eigenvalue weighted by Crippen LogP contribution is 2.38. The van der Waals surface area contributed by atoms with E-state index < -0.39 is 0 Å².